The van der Waals surface area contributed by atoms with Crippen molar-refractivity contribution in [3.05, 3.63) is 65.0 Å². The molecule has 0 radical (unpaired) electrons. The summed E-state index contributed by atoms with van der Waals surface area (Å²) in [6.07, 6.45) is 6.21. The van der Waals surface area contributed by atoms with Crippen LogP contribution in [-0.4, -0.2) is 26.4 Å². The van der Waals surface area contributed by atoms with Crippen molar-refractivity contribution >= 4 is 11.6 Å². The molecule has 0 fully saturated rings. The Kier molecular flexibility index (Phi) is 3.81. The molecule has 0 N–H and O–H groups in total. The molecule has 0 unspecified atom stereocenters. The van der Waals surface area contributed by atoms with Crippen LogP contribution in [0.2, 0.25) is 5.02 Å². The lowest BCUT2D eigenvalue weighted by molar-refractivity contribution is 0.238. The molecule has 0 atom stereocenters. The summed E-state index contributed by atoms with van der Waals surface area (Å²) in [7, 11) is 0. The predicted octanol–water partition coefficient (Wildman–Crippen LogP) is 3.34. The SMILES string of the molecule is Clc1ccc(-c2nc(CN3CCc4cncnc4C3)co2)cc1. The van der Waals surface area contributed by atoms with Crippen LogP contribution in [0.5, 0.6) is 0 Å². The highest BCUT2D eigenvalue weighted by Crippen LogP contribution is 2.22. The number of aromatic nitrogens is 3. The zero-order chi connectivity index (χ0) is 15.6. The number of rotatable bonds is 3. The third-order valence-corrected chi connectivity index (χ3v) is 4.23. The number of oxazole rings is 1. The monoisotopic (exact) mass is 326 g/mol. The maximum atomic E-state index is 5.91. The van der Waals surface area contributed by atoms with Gasteiger partial charge in [0.1, 0.15) is 12.6 Å². The summed E-state index contributed by atoms with van der Waals surface area (Å²) in [5, 5.41) is 0.703. The number of hydrogen-bond donors (Lipinski definition) is 0. The van der Waals surface area contributed by atoms with Crippen molar-refractivity contribution in [2.45, 2.75) is 19.5 Å². The van der Waals surface area contributed by atoms with Crippen LogP contribution in [0.1, 0.15) is 17.0 Å². The van der Waals surface area contributed by atoms with Gasteiger partial charge in [-0.25, -0.2) is 15.0 Å². The standard InChI is InChI=1S/C17H15ClN4O/c18-14-3-1-12(2-4-14)17-21-15(10-23-17)8-22-6-5-13-7-19-11-20-16(13)9-22/h1-4,7,10-11H,5-6,8-9H2. The fraction of sp³-hybridized carbons (Fsp3) is 0.235. The molecular formula is C17H15ClN4O. The Hall–Kier alpha value is -2.24. The number of halogens is 1. The zero-order valence-electron chi connectivity index (χ0n) is 12.4. The van der Waals surface area contributed by atoms with Gasteiger partial charge in [0.15, 0.2) is 0 Å². The van der Waals surface area contributed by atoms with E-state index in [1.54, 1.807) is 12.6 Å². The van der Waals surface area contributed by atoms with E-state index < -0.39 is 0 Å². The molecule has 0 aliphatic carbocycles. The highest BCUT2D eigenvalue weighted by molar-refractivity contribution is 6.30. The normalized spacial score (nSPS) is 14.7. The van der Waals surface area contributed by atoms with Crippen molar-refractivity contribution < 1.29 is 4.42 Å². The van der Waals surface area contributed by atoms with Crippen LogP contribution in [-0.2, 0) is 19.5 Å². The molecule has 2 aromatic heterocycles. The van der Waals surface area contributed by atoms with E-state index in [4.69, 9.17) is 16.0 Å². The van der Waals surface area contributed by atoms with Gasteiger partial charge in [0.2, 0.25) is 5.89 Å². The van der Waals surface area contributed by atoms with Gasteiger partial charge >= 0.3 is 0 Å². The Bertz CT molecular complexity index is 815. The summed E-state index contributed by atoms with van der Waals surface area (Å²) < 4.78 is 5.60. The molecule has 0 spiro atoms. The van der Waals surface area contributed by atoms with E-state index in [0.29, 0.717) is 10.9 Å². The van der Waals surface area contributed by atoms with E-state index in [0.717, 1.165) is 43.0 Å². The molecule has 0 bridgehead atoms. The van der Waals surface area contributed by atoms with Gasteiger partial charge < -0.3 is 4.42 Å². The second kappa shape index (κ2) is 6.10. The fourth-order valence-corrected chi connectivity index (χ4v) is 2.90. The van der Waals surface area contributed by atoms with Crippen LogP contribution in [0.15, 0.2) is 47.5 Å². The Morgan fingerprint density at radius 1 is 1.22 bits per heavy atom. The summed E-state index contributed by atoms with van der Waals surface area (Å²) in [4.78, 5) is 15.3. The van der Waals surface area contributed by atoms with Gasteiger partial charge in [0, 0.05) is 36.4 Å². The van der Waals surface area contributed by atoms with Crippen LogP contribution in [0.25, 0.3) is 11.5 Å². The lowest BCUT2D eigenvalue weighted by Crippen LogP contribution is -2.30. The van der Waals surface area contributed by atoms with E-state index >= 15 is 0 Å². The Labute approximate surface area is 139 Å². The van der Waals surface area contributed by atoms with Gasteiger partial charge in [-0.15, -0.1) is 0 Å². The van der Waals surface area contributed by atoms with Gasteiger partial charge in [0.25, 0.3) is 0 Å². The molecule has 3 heterocycles. The van der Waals surface area contributed by atoms with E-state index in [1.165, 1.54) is 5.56 Å². The third-order valence-electron chi connectivity index (χ3n) is 3.98. The van der Waals surface area contributed by atoms with Crippen molar-refractivity contribution in [1.29, 1.82) is 0 Å². The van der Waals surface area contributed by atoms with Crippen LogP contribution < -0.4 is 0 Å². The van der Waals surface area contributed by atoms with Crippen LogP contribution in [0, 0.1) is 0 Å². The maximum absolute atomic E-state index is 5.91. The number of nitrogens with zero attached hydrogens (tertiary/aromatic N) is 4. The minimum absolute atomic E-state index is 0.622. The van der Waals surface area contributed by atoms with E-state index in [1.807, 2.05) is 30.5 Å². The fourth-order valence-electron chi connectivity index (χ4n) is 2.77. The molecule has 116 valence electrons. The summed E-state index contributed by atoms with van der Waals surface area (Å²) in [6.45, 7) is 2.55. The largest absolute Gasteiger partial charge is 0.444 e. The van der Waals surface area contributed by atoms with Gasteiger partial charge in [-0.1, -0.05) is 11.6 Å². The van der Waals surface area contributed by atoms with E-state index in [9.17, 15) is 0 Å². The first kappa shape index (κ1) is 14.4. The average Bonchev–Trinajstić information content (AvgIpc) is 3.04. The van der Waals surface area contributed by atoms with Gasteiger partial charge in [-0.05, 0) is 36.2 Å². The van der Waals surface area contributed by atoms with Crippen molar-refractivity contribution in [3.8, 4) is 11.5 Å². The van der Waals surface area contributed by atoms with Crippen molar-refractivity contribution in [2.24, 2.45) is 0 Å². The smallest absolute Gasteiger partial charge is 0.226 e. The summed E-state index contributed by atoms with van der Waals surface area (Å²) in [6, 6.07) is 7.49. The quantitative estimate of drug-likeness (QED) is 0.739. The van der Waals surface area contributed by atoms with Gasteiger partial charge in [-0.2, -0.15) is 0 Å². The molecule has 3 aromatic rings. The predicted molar refractivity (Wildman–Crippen MR) is 86.8 cm³/mol. The van der Waals surface area contributed by atoms with E-state index in [2.05, 4.69) is 19.9 Å². The first-order chi connectivity index (χ1) is 11.3. The lowest BCUT2D eigenvalue weighted by Gasteiger charge is -2.26. The molecule has 1 aliphatic rings. The average molecular weight is 327 g/mol. The Morgan fingerprint density at radius 3 is 2.96 bits per heavy atom. The van der Waals surface area contributed by atoms with Crippen molar-refractivity contribution in [1.82, 2.24) is 19.9 Å². The van der Waals surface area contributed by atoms with Crippen LogP contribution in [0.3, 0.4) is 0 Å². The second-order valence-corrected chi connectivity index (χ2v) is 6.04. The molecule has 5 nitrogen and oxygen atoms in total. The third kappa shape index (κ3) is 3.11. The summed E-state index contributed by atoms with van der Waals surface area (Å²) in [5.74, 6) is 0.622. The van der Waals surface area contributed by atoms with Gasteiger partial charge in [-0.3, -0.25) is 4.90 Å². The molecule has 0 amide bonds. The molecule has 1 aromatic carbocycles. The van der Waals surface area contributed by atoms with Crippen molar-refractivity contribution in [2.75, 3.05) is 6.54 Å². The highest BCUT2D eigenvalue weighted by atomic mass is 35.5. The summed E-state index contributed by atoms with van der Waals surface area (Å²) in [5.41, 5.74) is 4.20. The van der Waals surface area contributed by atoms with Crippen molar-refractivity contribution in [3.63, 3.8) is 0 Å². The number of fused-ring (bicyclic) bond motifs is 1. The van der Waals surface area contributed by atoms with E-state index in [-0.39, 0.29) is 0 Å². The van der Waals surface area contributed by atoms with Gasteiger partial charge in [0.05, 0.1) is 11.4 Å². The highest BCUT2D eigenvalue weighted by Gasteiger charge is 2.18. The first-order valence-corrected chi connectivity index (χ1v) is 7.86. The molecule has 0 saturated carbocycles. The number of hydrogen-bond acceptors (Lipinski definition) is 5. The zero-order valence-corrected chi connectivity index (χ0v) is 13.2. The minimum Gasteiger partial charge on any atom is -0.444 e. The lowest BCUT2D eigenvalue weighted by atomic mass is 10.1. The first-order valence-electron chi connectivity index (χ1n) is 7.48. The maximum Gasteiger partial charge on any atom is 0.226 e. The molecule has 4 rings (SSSR count). The second-order valence-electron chi connectivity index (χ2n) is 5.61. The summed E-state index contributed by atoms with van der Waals surface area (Å²) >= 11 is 5.91. The minimum atomic E-state index is 0.622. The van der Waals surface area contributed by atoms with Crippen LogP contribution in [0.4, 0.5) is 0 Å². The van der Waals surface area contributed by atoms with Crippen LogP contribution >= 0.6 is 11.6 Å². The molecule has 6 heteroatoms. The molecule has 23 heavy (non-hydrogen) atoms. The Balaban J connectivity index is 1.47. The topological polar surface area (TPSA) is 55.1 Å². The number of benzene rings is 1. The molecule has 0 saturated heterocycles. The Morgan fingerprint density at radius 2 is 2.09 bits per heavy atom. The molecular weight excluding hydrogens is 312 g/mol. The molecule has 1 aliphatic heterocycles.